The molecule has 0 aliphatic carbocycles. The summed E-state index contributed by atoms with van der Waals surface area (Å²) in [5, 5.41) is 10.4. The third-order valence-corrected chi connectivity index (χ3v) is 4.43. The van der Waals surface area contributed by atoms with Gasteiger partial charge in [-0.15, -0.1) is 5.10 Å². The average molecular weight is 399 g/mol. The summed E-state index contributed by atoms with van der Waals surface area (Å²) in [6.45, 7) is 0. The fourth-order valence-corrected chi connectivity index (χ4v) is 2.91. The standard InChI is InChI=1S/C23H17N3O4/c1-29-17-13-11-16(12-14-17)22-25-26-23(30-22)24-21(28)19-10-6-5-9-18(19)20(27)15-7-3-2-4-8-15/h2-14H,1H3,(H,24,26,28). The number of ketones is 1. The van der Waals surface area contributed by atoms with Crippen LogP contribution in [-0.4, -0.2) is 29.0 Å². The first-order valence-corrected chi connectivity index (χ1v) is 9.14. The van der Waals surface area contributed by atoms with Crippen LogP contribution in [0.2, 0.25) is 0 Å². The number of carbonyl (C=O) groups is 2. The molecule has 0 radical (unpaired) electrons. The van der Waals surface area contributed by atoms with Gasteiger partial charge in [-0.1, -0.05) is 53.6 Å². The first-order valence-electron chi connectivity index (χ1n) is 9.14. The molecule has 0 aliphatic heterocycles. The van der Waals surface area contributed by atoms with E-state index in [9.17, 15) is 9.59 Å². The van der Waals surface area contributed by atoms with Gasteiger partial charge in [-0.3, -0.25) is 14.9 Å². The lowest BCUT2D eigenvalue weighted by Gasteiger charge is -2.07. The molecule has 0 aliphatic rings. The maximum Gasteiger partial charge on any atom is 0.322 e. The molecule has 1 aromatic heterocycles. The molecule has 3 aromatic carbocycles. The first-order chi connectivity index (χ1) is 14.7. The largest absolute Gasteiger partial charge is 0.497 e. The number of nitrogens with one attached hydrogen (secondary N) is 1. The number of carbonyl (C=O) groups excluding carboxylic acids is 2. The second-order valence-corrected chi connectivity index (χ2v) is 6.34. The molecule has 148 valence electrons. The maximum absolute atomic E-state index is 12.8. The van der Waals surface area contributed by atoms with Crippen LogP contribution in [0.5, 0.6) is 5.75 Å². The van der Waals surface area contributed by atoms with E-state index in [4.69, 9.17) is 9.15 Å². The van der Waals surface area contributed by atoms with E-state index in [1.54, 1.807) is 79.9 Å². The fraction of sp³-hybridized carbons (Fsp3) is 0.0435. The molecule has 1 N–H and O–H groups in total. The van der Waals surface area contributed by atoms with Crippen molar-refractivity contribution in [3.8, 4) is 17.2 Å². The van der Waals surface area contributed by atoms with Gasteiger partial charge in [0.05, 0.1) is 12.7 Å². The molecule has 0 atom stereocenters. The Balaban J connectivity index is 1.55. The van der Waals surface area contributed by atoms with Crippen molar-refractivity contribution in [3.63, 3.8) is 0 Å². The summed E-state index contributed by atoms with van der Waals surface area (Å²) in [5.41, 5.74) is 1.69. The Morgan fingerprint density at radius 2 is 1.50 bits per heavy atom. The summed E-state index contributed by atoms with van der Waals surface area (Å²) < 4.78 is 10.7. The normalized spacial score (nSPS) is 10.4. The number of amides is 1. The Kier molecular flexibility index (Phi) is 5.34. The Bertz CT molecular complexity index is 1180. The number of benzene rings is 3. The number of methoxy groups -OCH3 is 1. The Morgan fingerprint density at radius 3 is 2.20 bits per heavy atom. The lowest BCUT2D eigenvalue weighted by Crippen LogP contribution is -2.17. The van der Waals surface area contributed by atoms with E-state index in [2.05, 4.69) is 15.5 Å². The molecule has 0 bridgehead atoms. The summed E-state index contributed by atoms with van der Waals surface area (Å²) in [5.74, 6) is 0.193. The van der Waals surface area contributed by atoms with Gasteiger partial charge < -0.3 is 9.15 Å². The highest BCUT2D eigenvalue weighted by Gasteiger charge is 2.20. The third-order valence-electron chi connectivity index (χ3n) is 4.43. The smallest absolute Gasteiger partial charge is 0.322 e. The van der Waals surface area contributed by atoms with E-state index in [1.807, 2.05) is 6.07 Å². The van der Waals surface area contributed by atoms with Gasteiger partial charge in [0, 0.05) is 16.7 Å². The predicted molar refractivity (Wildman–Crippen MR) is 111 cm³/mol. The first kappa shape index (κ1) is 19.1. The number of hydrogen-bond acceptors (Lipinski definition) is 6. The summed E-state index contributed by atoms with van der Waals surface area (Å²) in [6, 6.07) is 22.4. The van der Waals surface area contributed by atoms with Crippen molar-refractivity contribution in [2.24, 2.45) is 0 Å². The van der Waals surface area contributed by atoms with Crippen LogP contribution in [0.15, 0.2) is 83.3 Å². The highest BCUT2D eigenvalue weighted by atomic mass is 16.5. The van der Waals surface area contributed by atoms with Crippen LogP contribution in [0.1, 0.15) is 26.3 Å². The zero-order valence-corrected chi connectivity index (χ0v) is 16.0. The molecule has 1 amide bonds. The van der Waals surface area contributed by atoms with Gasteiger partial charge in [-0.05, 0) is 30.3 Å². The van der Waals surface area contributed by atoms with Crippen molar-refractivity contribution in [2.75, 3.05) is 12.4 Å². The van der Waals surface area contributed by atoms with E-state index in [1.165, 1.54) is 0 Å². The van der Waals surface area contributed by atoms with Crippen LogP contribution in [0.25, 0.3) is 11.5 Å². The minimum absolute atomic E-state index is 0.0622. The molecule has 7 heteroatoms. The fourth-order valence-electron chi connectivity index (χ4n) is 2.91. The molecule has 30 heavy (non-hydrogen) atoms. The molecular formula is C23H17N3O4. The lowest BCUT2D eigenvalue weighted by molar-refractivity contribution is 0.0994. The summed E-state index contributed by atoms with van der Waals surface area (Å²) in [7, 11) is 1.58. The molecule has 0 saturated heterocycles. The number of ether oxygens (including phenoxy) is 1. The summed E-state index contributed by atoms with van der Waals surface area (Å²) in [4.78, 5) is 25.6. The van der Waals surface area contributed by atoms with Crippen molar-refractivity contribution in [2.45, 2.75) is 0 Å². The van der Waals surface area contributed by atoms with Crippen molar-refractivity contribution in [1.29, 1.82) is 0 Å². The van der Waals surface area contributed by atoms with Crippen LogP contribution in [0, 0.1) is 0 Å². The van der Waals surface area contributed by atoms with Gasteiger partial charge in [0.2, 0.25) is 5.89 Å². The zero-order valence-electron chi connectivity index (χ0n) is 16.0. The van der Waals surface area contributed by atoms with E-state index < -0.39 is 5.91 Å². The molecule has 0 unspecified atom stereocenters. The third kappa shape index (κ3) is 3.95. The Hall–Kier alpha value is -4.26. The monoisotopic (exact) mass is 399 g/mol. The molecule has 0 spiro atoms. The molecular weight excluding hydrogens is 382 g/mol. The van der Waals surface area contributed by atoms with Gasteiger partial charge in [-0.25, -0.2) is 0 Å². The Morgan fingerprint density at radius 1 is 0.833 bits per heavy atom. The molecule has 0 fully saturated rings. The highest BCUT2D eigenvalue weighted by molar-refractivity contribution is 6.17. The molecule has 7 nitrogen and oxygen atoms in total. The number of aromatic nitrogens is 2. The van der Waals surface area contributed by atoms with E-state index in [-0.39, 0.29) is 28.8 Å². The van der Waals surface area contributed by atoms with Gasteiger partial charge in [-0.2, -0.15) is 0 Å². The van der Waals surface area contributed by atoms with E-state index in [0.717, 1.165) is 0 Å². The van der Waals surface area contributed by atoms with Crippen molar-refractivity contribution < 1.29 is 18.7 Å². The average Bonchev–Trinajstić information content (AvgIpc) is 3.27. The topological polar surface area (TPSA) is 94.3 Å². The maximum atomic E-state index is 12.8. The predicted octanol–water partition coefficient (Wildman–Crippen LogP) is 4.23. The van der Waals surface area contributed by atoms with Gasteiger partial charge in [0.1, 0.15) is 5.75 Å². The number of nitrogens with zero attached hydrogens (tertiary/aromatic N) is 2. The molecule has 4 aromatic rings. The van der Waals surface area contributed by atoms with Gasteiger partial charge in [0.25, 0.3) is 5.91 Å². The second-order valence-electron chi connectivity index (χ2n) is 6.34. The van der Waals surface area contributed by atoms with Crippen molar-refractivity contribution in [1.82, 2.24) is 10.2 Å². The highest BCUT2D eigenvalue weighted by Crippen LogP contribution is 2.23. The Labute approximate surface area is 172 Å². The van der Waals surface area contributed by atoms with Crippen LogP contribution in [0.3, 0.4) is 0 Å². The number of anilines is 1. The van der Waals surface area contributed by atoms with Crippen LogP contribution < -0.4 is 10.1 Å². The van der Waals surface area contributed by atoms with Crippen molar-refractivity contribution >= 4 is 17.7 Å². The van der Waals surface area contributed by atoms with Crippen LogP contribution in [0.4, 0.5) is 6.01 Å². The van der Waals surface area contributed by atoms with Gasteiger partial charge >= 0.3 is 6.01 Å². The molecule has 4 rings (SSSR count). The molecule has 0 saturated carbocycles. The lowest BCUT2D eigenvalue weighted by atomic mass is 9.98. The van der Waals surface area contributed by atoms with Crippen LogP contribution in [-0.2, 0) is 0 Å². The zero-order chi connectivity index (χ0) is 20.9. The number of hydrogen-bond donors (Lipinski definition) is 1. The summed E-state index contributed by atoms with van der Waals surface area (Å²) in [6.07, 6.45) is 0. The van der Waals surface area contributed by atoms with Crippen molar-refractivity contribution in [3.05, 3.63) is 95.6 Å². The van der Waals surface area contributed by atoms with Gasteiger partial charge in [0.15, 0.2) is 5.78 Å². The minimum Gasteiger partial charge on any atom is -0.497 e. The van der Waals surface area contributed by atoms with E-state index >= 15 is 0 Å². The minimum atomic E-state index is -0.514. The molecule has 1 heterocycles. The van der Waals surface area contributed by atoms with E-state index in [0.29, 0.717) is 16.9 Å². The quantitative estimate of drug-likeness (QED) is 0.488. The second kappa shape index (κ2) is 8.40. The number of rotatable bonds is 6. The summed E-state index contributed by atoms with van der Waals surface area (Å²) >= 11 is 0. The van der Waals surface area contributed by atoms with Crippen LogP contribution >= 0.6 is 0 Å². The SMILES string of the molecule is COc1ccc(-c2nnc(NC(=O)c3ccccc3C(=O)c3ccccc3)o2)cc1.